The van der Waals surface area contributed by atoms with Gasteiger partial charge in [0.2, 0.25) is 0 Å². The quantitative estimate of drug-likeness (QED) is 0.230. The number of aryl methyl sites for hydroxylation is 2. The molecule has 1 saturated heterocycles. The molecule has 3 amide bonds. The van der Waals surface area contributed by atoms with Crippen LogP contribution >= 0.6 is 0 Å². The number of aromatic nitrogens is 3. The number of amides is 3. The second kappa shape index (κ2) is 14.9. The molecule has 0 aliphatic carbocycles. The molecule has 1 aliphatic heterocycles. The van der Waals surface area contributed by atoms with E-state index < -0.39 is 10.1 Å². The van der Waals surface area contributed by atoms with Crippen LogP contribution < -0.4 is 20.3 Å². The highest BCUT2D eigenvalue weighted by atomic mass is 32.2. The van der Waals surface area contributed by atoms with E-state index in [1.165, 1.54) is 0 Å². The highest BCUT2D eigenvalue weighted by molar-refractivity contribution is 7.85. The maximum Gasteiger partial charge on any atom is 0.324 e. The number of ether oxygens (including phenoxy) is 1. The minimum Gasteiger partial charge on any atom is -0.497 e. The van der Waals surface area contributed by atoms with Crippen LogP contribution in [0.1, 0.15) is 48.1 Å². The van der Waals surface area contributed by atoms with Crippen molar-refractivity contribution in [3.05, 3.63) is 89.2 Å². The van der Waals surface area contributed by atoms with Crippen molar-refractivity contribution in [3.8, 4) is 11.4 Å². The molecule has 256 valence electrons. The number of piperazine rings is 1. The van der Waals surface area contributed by atoms with Gasteiger partial charge in [0, 0.05) is 43.2 Å². The van der Waals surface area contributed by atoms with Crippen molar-refractivity contribution in [2.75, 3.05) is 55.1 Å². The third-order valence-corrected chi connectivity index (χ3v) is 7.55. The number of rotatable bonds is 6. The molecule has 13 nitrogen and oxygen atoms in total. The van der Waals surface area contributed by atoms with Crippen molar-refractivity contribution in [1.82, 2.24) is 19.7 Å². The smallest absolute Gasteiger partial charge is 0.324 e. The number of nitrogens with one attached hydrogen (secondary N) is 2. The van der Waals surface area contributed by atoms with Gasteiger partial charge in [-0.05, 0) is 62.4 Å². The Balaban J connectivity index is 0.000000968. The predicted octanol–water partition coefficient (Wildman–Crippen LogP) is 5.30. The Kier molecular flexibility index (Phi) is 11.1. The molecule has 0 unspecified atom stereocenters. The summed E-state index contributed by atoms with van der Waals surface area (Å²) in [6, 6.07) is 20.5. The zero-order valence-electron chi connectivity index (χ0n) is 28.3. The highest BCUT2D eigenvalue weighted by Crippen LogP contribution is 2.27. The molecule has 1 aliphatic rings. The maximum atomic E-state index is 13.1. The van der Waals surface area contributed by atoms with Gasteiger partial charge < -0.3 is 19.9 Å². The Hall–Kier alpha value is -4.95. The molecule has 48 heavy (non-hydrogen) atoms. The molecular formula is C34H43N7O6S. The molecule has 3 heterocycles. The van der Waals surface area contributed by atoms with E-state index in [9.17, 15) is 18.0 Å². The summed E-state index contributed by atoms with van der Waals surface area (Å²) in [4.78, 5) is 34.8. The van der Waals surface area contributed by atoms with Crippen LogP contribution in [0.4, 0.5) is 22.1 Å². The van der Waals surface area contributed by atoms with Crippen molar-refractivity contribution >= 4 is 39.4 Å². The Bertz CT molecular complexity index is 1830. The van der Waals surface area contributed by atoms with Gasteiger partial charge in [0.15, 0.2) is 0 Å². The average molecular weight is 678 g/mol. The molecule has 3 N–H and O–H groups in total. The van der Waals surface area contributed by atoms with Crippen molar-refractivity contribution in [1.29, 1.82) is 0 Å². The zero-order valence-corrected chi connectivity index (χ0v) is 29.1. The van der Waals surface area contributed by atoms with Crippen LogP contribution in [0.25, 0.3) is 5.69 Å². The first-order chi connectivity index (χ1) is 22.5. The van der Waals surface area contributed by atoms with Gasteiger partial charge in [0.05, 0.1) is 36.1 Å². The Morgan fingerprint density at radius 1 is 0.896 bits per heavy atom. The van der Waals surface area contributed by atoms with Crippen LogP contribution in [0.15, 0.2) is 66.7 Å². The second-order valence-electron chi connectivity index (χ2n) is 12.5. The largest absolute Gasteiger partial charge is 0.497 e. The van der Waals surface area contributed by atoms with Gasteiger partial charge in [-0.1, -0.05) is 38.5 Å². The lowest BCUT2D eigenvalue weighted by Gasteiger charge is -2.35. The average Bonchev–Trinajstić information content (AvgIpc) is 3.45. The highest BCUT2D eigenvalue weighted by Gasteiger charge is 2.24. The number of pyridine rings is 1. The number of methoxy groups -OCH3 is 1. The van der Waals surface area contributed by atoms with Crippen molar-refractivity contribution < 1.29 is 27.3 Å². The van der Waals surface area contributed by atoms with E-state index in [1.54, 1.807) is 36.1 Å². The van der Waals surface area contributed by atoms with E-state index in [4.69, 9.17) is 19.4 Å². The number of hydrogen-bond acceptors (Lipinski definition) is 8. The van der Waals surface area contributed by atoms with E-state index in [2.05, 4.69) is 36.3 Å². The van der Waals surface area contributed by atoms with Crippen LogP contribution in [0, 0.1) is 13.8 Å². The molecule has 0 bridgehead atoms. The van der Waals surface area contributed by atoms with E-state index in [-0.39, 0.29) is 17.4 Å². The molecule has 1 fully saturated rings. The molecule has 0 saturated carbocycles. The molecule has 2 aromatic carbocycles. The van der Waals surface area contributed by atoms with E-state index in [1.807, 2.05) is 61.2 Å². The number of hydrogen-bond donors (Lipinski definition) is 3. The second-order valence-corrected chi connectivity index (χ2v) is 14.0. The number of urea groups is 1. The lowest BCUT2D eigenvalue weighted by molar-refractivity contribution is 0.0746. The molecule has 0 radical (unpaired) electrons. The fourth-order valence-electron chi connectivity index (χ4n) is 4.90. The molecule has 2 aromatic heterocycles. The van der Waals surface area contributed by atoms with Gasteiger partial charge in [-0.15, -0.1) is 0 Å². The number of benzene rings is 2. The van der Waals surface area contributed by atoms with Gasteiger partial charge >= 0.3 is 6.03 Å². The van der Waals surface area contributed by atoms with Gasteiger partial charge in [-0.25, -0.2) is 14.5 Å². The standard InChI is InChI=1S/C33H39N7O3.CH4O3S/c1-22-7-11-25(12-8-22)40-30(21-28(37-40)33(3,4)5)36-32(42)35-27-15-16-29(34-23(27)2)38-17-19-39(20-18-38)31(41)24-9-13-26(43-6)14-10-24;1-5(2,3)4/h7-16,21H,17-20H2,1-6H3,(H2,35,36,42);1H3,(H,2,3,4). The van der Waals surface area contributed by atoms with E-state index in [0.29, 0.717) is 55.2 Å². The molecule has 0 atom stereocenters. The van der Waals surface area contributed by atoms with Gasteiger partial charge in [-0.2, -0.15) is 13.5 Å². The van der Waals surface area contributed by atoms with E-state index in [0.717, 1.165) is 28.5 Å². The Morgan fingerprint density at radius 3 is 2.04 bits per heavy atom. The van der Waals surface area contributed by atoms with Crippen molar-refractivity contribution in [2.45, 2.75) is 40.0 Å². The van der Waals surface area contributed by atoms with Crippen LogP contribution in [-0.2, 0) is 15.5 Å². The summed E-state index contributed by atoms with van der Waals surface area (Å²) >= 11 is 0. The molecule has 0 spiro atoms. The number of anilines is 3. The van der Waals surface area contributed by atoms with Crippen molar-refractivity contribution in [2.24, 2.45) is 0 Å². The summed E-state index contributed by atoms with van der Waals surface area (Å²) in [6.45, 7) is 12.7. The topological polar surface area (TPSA) is 159 Å². The predicted molar refractivity (Wildman–Crippen MR) is 187 cm³/mol. The molecular weight excluding hydrogens is 634 g/mol. The SMILES string of the molecule is COc1ccc(C(=O)N2CCN(c3ccc(NC(=O)Nc4cc(C(C)(C)C)nn4-c4ccc(C)cc4)c(C)n3)CC2)cc1.CS(=O)(=O)O. The first-order valence-electron chi connectivity index (χ1n) is 15.4. The summed E-state index contributed by atoms with van der Waals surface area (Å²) in [5.41, 5.74) is 4.66. The van der Waals surface area contributed by atoms with Crippen LogP contribution in [0.5, 0.6) is 5.75 Å². The fraction of sp³-hybridized carbons (Fsp3) is 0.353. The molecule has 14 heteroatoms. The molecule has 4 aromatic rings. The van der Waals surface area contributed by atoms with Gasteiger partial charge in [-0.3, -0.25) is 14.7 Å². The fourth-order valence-corrected chi connectivity index (χ4v) is 4.90. The first-order valence-corrected chi connectivity index (χ1v) is 17.2. The van der Waals surface area contributed by atoms with Crippen LogP contribution in [-0.4, -0.2) is 84.1 Å². The number of carbonyl (C=O) groups excluding carboxylic acids is 2. The normalized spacial score (nSPS) is 13.3. The van der Waals surface area contributed by atoms with Crippen molar-refractivity contribution in [3.63, 3.8) is 0 Å². The lowest BCUT2D eigenvalue weighted by Crippen LogP contribution is -2.49. The van der Waals surface area contributed by atoms with E-state index >= 15 is 0 Å². The minimum absolute atomic E-state index is 0.00958. The van der Waals surface area contributed by atoms with Crippen LogP contribution in [0.3, 0.4) is 0 Å². The third kappa shape index (κ3) is 9.78. The Labute approximate surface area is 281 Å². The monoisotopic (exact) mass is 677 g/mol. The van der Waals surface area contributed by atoms with Crippen LogP contribution in [0.2, 0.25) is 0 Å². The summed E-state index contributed by atoms with van der Waals surface area (Å²) in [5, 5.41) is 10.7. The first kappa shape index (κ1) is 35.9. The van der Waals surface area contributed by atoms with Gasteiger partial charge in [0.25, 0.3) is 16.0 Å². The zero-order chi connectivity index (χ0) is 35.2. The number of carbonyl (C=O) groups is 2. The van der Waals surface area contributed by atoms with Gasteiger partial charge in [0.1, 0.15) is 17.4 Å². The third-order valence-electron chi connectivity index (χ3n) is 7.55. The summed E-state index contributed by atoms with van der Waals surface area (Å²) in [6.07, 6.45) is 0.715. The summed E-state index contributed by atoms with van der Waals surface area (Å²) in [7, 11) is -2.06. The summed E-state index contributed by atoms with van der Waals surface area (Å²) < 4.78 is 32.8. The molecule has 5 rings (SSSR count). The Morgan fingerprint density at radius 2 is 1.50 bits per heavy atom. The summed E-state index contributed by atoms with van der Waals surface area (Å²) in [5.74, 6) is 2.12. The lowest BCUT2D eigenvalue weighted by atomic mass is 9.92. The maximum absolute atomic E-state index is 13.1. The minimum atomic E-state index is -3.67. The number of nitrogens with zero attached hydrogens (tertiary/aromatic N) is 5.